The third kappa shape index (κ3) is 4.24. The van der Waals surface area contributed by atoms with Crippen molar-refractivity contribution in [2.75, 3.05) is 0 Å². The van der Waals surface area contributed by atoms with Gasteiger partial charge in [-0.15, -0.1) is 0 Å². The van der Waals surface area contributed by atoms with E-state index < -0.39 is 7.92 Å². The molecule has 0 nitrogen and oxygen atoms in total. The number of rotatable bonds is 5. The Morgan fingerprint density at radius 1 is 0.697 bits per heavy atom. The lowest BCUT2D eigenvalue weighted by Crippen LogP contribution is -2.36. The summed E-state index contributed by atoms with van der Waals surface area (Å²) in [7, 11) is -0.417. The Bertz CT molecular complexity index is 1280. The van der Waals surface area contributed by atoms with Crippen LogP contribution < -0.4 is 5.30 Å². The maximum absolute atomic E-state index is 2.56. The van der Waals surface area contributed by atoms with Gasteiger partial charge >= 0.3 is 0 Å². The van der Waals surface area contributed by atoms with Gasteiger partial charge in [0.2, 0.25) is 0 Å². The van der Waals surface area contributed by atoms with Crippen LogP contribution in [0.25, 0.3) is 32.7 Å². The van der Waals surface area contributed by atoms with Crippen LogP contribution in [0, 0.1) is 5.92 Å². The van der Waals surface area contributed by atoms with Crippen LogP contribution in [0.1, 0.15) is 60.3 Å². The lowest BCUT2D eigenvalue weighted by atomic mass is 9.79. The molecule has 0 N–H and O–H groups in total. The van der Waals surface area contributed by atoms with Crippen LogP contribution in [0.15, 0.2) is 78.9 Å². The van der Waals surface area contributed by atoms with Crippen molar-refractivity contribution < 1.29 is 0 Å². The first kappa shape index (κ1) is 22.6. The zero-order chi connectivity index (χ0) is 23.2. The van der Waals surface area contributed by atoms with Crippen LogP contribution in [0.4, 0.5) is 0 Å². The van der Waals surface area contributed by atoms with E-state index in [9.17, 15) is 0 Å². The Balaban J connectivity index is 1.81. The molecule has 4 aromatic rings. The van der Waals surface area contributed by atoms with E-state index in [1.807, 2.05) is 0 Å². The van der Waals surface area contributed by atoms with Crippen LogP contribution in [0.5, 0.6) is 0 Å². The molecule has 4 aromatic carbocycles. The maximum Gasteiger partial charge on any atom is -0.00218 e. The average molecular weight is 453 g/mol. The van der Waals surface area contributed by atoms with E-state index in [0.717, 1.165) is 5.92 Å². The van der Waals surface area contributed by atoms with Crippen LogP contribution in [-0.4, -0.2) is 10.3 Å². The zero-order valence-electron chi connectivity index (χ0n) is 20.9. The van der Waals surface area contributed by atoms with Crippen LogP contribution in [0.2, 0.25) is 0 Å². The van der Waals surface area contributed by atoms with E-state index in [2.05, 4.69) is 113 Å². The molecule has 1 aliphatic rings. The summed E-state index contributed by atoms with van der Waals surface area (Å²) >= 11 is 0. The van der Waals surface area contributed by atoms with Crippen molar-refractivity contribution in [2.45, 2.75) is 70.6 Å². The summed E-state index contributed by atoms with van der Waals surface area (Å²) in [5.74, 6) is 0.911. The Morgan fingerprint density at radius 2 is 1.30 bits per heavy atom. The van der Waals surface area contributed by atoms with Crippen molar-refractivity contribution in [3.8, 4) is 11.1 Å². The van der Waals surface area contributed by atoms with E-state index in [-0.39, 0.29) is 5.16 Å². The topological polar surface area (TPSA) is 0 Å². The molecule has 0 spiro atoms. The van der Waals surface area contributed by atoms with Gasteiger partial charge in [0.1, 0.15) is 0 Å². The van der Waals surface area contributed by atoms with Gasteiger partial charge < -0.3 is 0 Å². The molecule has 1 unspecified atom stereocenters. The molecule has 0 saturated heterocycles. The lowest BCUT2D eigenvalue weighted by molar-refractivity contribution is 0.273. The first-order chi connectivity index (χ1) is 15.8. The Kier molecular flexibility index (Phi) is 5.86. The summed E-state index contributed by atoms with van der Waals surface area (Å²) < 4.78 is 0. The SMILES string of the molecule is CC(C)(C)P(c1ccc2ccccc2c1-c1cccc2ccccc12)C(C)(C)CC1CCC1. The third-order valence-corrected chi connectivity index (χ3v) is 11.1. The quantitative estimate of drug-likeness (QED) is 0.264. The molecule has 170 valence electrons. The highest BCUT2D eigenvalue weighted by molar-refractivity contribution is 7.68. The Morgan fingerprint density at radius 3 is 1.94 bits per heavy atom. The van der Waals surface area contributed by atoms with Gasteiger partial charge in [-0.25, -0.2) is 0 Å². The van der Waals surface area contributed by atoms with Crippen LogP contribution in [-0.2, 0) is 0 Å². The highest BCUT2D eigenvalue weighted by Crippen LogP contribution is 2.63. The van der Waals surface area contributed by atoms with E-state index in [1.165, 1.54) is 58.4 Å². The molecule has 1 atom stereocenters. The highest BCUT2D eigenvalue weighted by atomic mass is 31.1. The molecule has 1 aliphatic carbocycles. The van der Waals surface area contributed by atoms with Gasteiger partial charge in [-0.2, -0.15) is 0 Å². The van der Waals surface area contributed by atoms with E-state index in [0.29, 0.717) is 5.16 Å². The standard InChI is InChI=1S/C32H37P/c1-31(2,3)33(32(4,5)22-23-12-10-13-23)29-21-20-25-15-7-9-18-27(25)30(29)28-19-11-16-24-14-6-8-17-26(24)28/h6-9,11,14-21,23H,10,12-13,22H2,1-5H3. The summed E-state index contributed by atoms with van der Waals surface area (Å²) in [5.41, 5.74) is 2.85. The van der Waals surface area contributed by atoms with Crippen molar-refractivity contribution in [1.82, 2.24) is 0 Å². The van der Waals surface area contributed by atoms with E-state index >= 15 is 0 Å². The fourth-order valence-electron chi connectivity index (χ4n) is 6.26. The van der Waals surface area contributed by atoms with Gasteiger partial charge in [0.05, 0.1) is 0 Å². The lowest BCUT2D eigenvalue weighted by Gasteiger charge is -2.47. The summed E-state index contributed by atoms with van der Waals surface area (Å²) in [6, 6.07) is 29.6. The van der Waals surface area contributed by atoms with Gasteiger partial charge in [-0.3, -0.25) is 0 Å². The number of hydrogen-bond acceptors (Lipinski definition) is 0. The first-order valence-electron chi connectivity index (χ1n) is 12.6. The molecular weight excluding hydrogens is 415 g/mol. The number of benzene rings is 4. The predicted molar refractivity (Wildman–Crippen MR) is 149 cm³/mol. The summed E-state index contributed by atoms with van der Waals surface area (Å²) in [4.78, 5) is 0. The molecule has 0 heterocycles. The molecule has 0 aromatic heterocycles. The van der Waals surface area contributed by atoms with E-state index in [4.69, 9.17) is 0 Å². The summed E-state index contributed by atoms with van der Waals surface area (Å²) in [6.45, 7) is 12.5. The fraction of sp³-hybridized carbons (Fsp3) is 0.375. The molecule has 33 heavy (non-hydrogen) atoms. The van der Waals surface area contributed by atoms with Crippen molar-refractivity contribution >= 4 is 34.8 Å². The minimum absolute atomic E-state index is 0.227. The normalized spacial score (nSPS) is 16.2. The Hall–Kier alpha value is -2.17. The number of fused-ring (bicyclic) bond motifs is 2. The highest BCUT2D eigenvalue weighted by Gasteiger charge is 2.42. The molecule has 0 aliphatic heterocycles. The maximum atomic E-state index is 2.56. The minimum atomic E-state index is -0.417. The van der Waals surface area contributed by atoms with Gasteiger partial charge in [0.15, 0.2) is 0 Å². The van der Waals surface area contributed by atoms with Crippen molar-refractivity contribution in [1.29, 1.82) is 0 Å². The molecule has 0 bridgehead atoms. The minimum Gasteiger partial charge on any atom is -0.0633 e. The fourth-order valence-corrected chi connectivity index (χ4v) is 10.6. The molecule has 0 amide bonds. The third-order valence-electron chi connectivity index (χ3n) is 7.50. The second-order valence-corrected chi connectivity index (χ2v) is 15.2. The van der Waals surface area contributed by atoms with Crippen molar-refractivity contribution in [3.05, 3.63) is 78.9 Å². The number of hydrogen-bond donors (Lipinski definition) is 0. The molecule has 0 radical (unpaired) electrons. The van der Waals surface area contributed by atoms with Crippen molar-refractivity contribution in [2.24, 2.45) is 5.92 Å². The largest absolute Gasteiger partial charge is 0.0633 e. The van der Waals surface area contributed by atoms with Gasteiger partial charge in [-0.05, 0) is 60.6 Å². The smallest absolute Gasteiger partial charge is 0.00218 e. The molecule has 1 heteroatoms. The van der Waals surface area contributed by atoms with Gasteiger partial charge in [0.25, 0.3) is 0 Å². The predicted octanol–water partition coefficient (Wildman–Crippen LogP) is 9.53. The monoisotopic (exact) mass is 452 g/mol. The first-order valence-corrected chi connectivity index (χ1v) is 13.9. The van der Waals surface area contributed by atoms with Crippen LogP contribution in [0.3, 0.4) is 0 Å². The summed E-state index contributed by atoms with van der Waals surface area (Å²) in [5, 5.41) is 7.51. The summed E-state index contributed by atoms with van der Waals surface area (Å²) in [6.07, 6.45) is 5.61. The second-order valence-electron chi connectivity index (χ2n) is 11.5. The second kappa shape index (κ2) is 8.56. The average Bonchev–Trinajstić information content (AvgIpc) is 2.75. The molecular formula is C32H37P. The molecule has 1 fully saturated rings. The Labute approximate surface area is 201 Å². The van der Waals surface area contributed by atoms with Crippen molar-refractivity contribution in [3.63, 3.8) is 0 Å². The van der Waals surface area contributed by atoms with Gasteiger partial charge in [0, 0.05) is 0 Å². The van der Waals surface area contributed by atoms with Gasteiger partial charge in [-0.1, -0.05) is 141 Å². The molecule has 1 saturated carbocycles. The van der Waals surface area contributed by atoms with E-state index in [1.54, 1.807) is 5.30 Å². The van der Waals surface area contributed by atoms with Crippen LogP contribution >= 0.6 is 7.92 Å². The molecule has 5 rings (SSSR count). The zero-order valence-corrected chi connectivity index (χ0v) is 21.8.